The fourth-order valence-electron chi connectivity index (χ4n) is 5.21. The van der Waals surface area contributed by atoms with Crippen LogP contribution in [0.3, 0.4) is 0 Å². The van der Waals surface area contributed by atoms with Gasteiger partial charge in [0.25, 0.3) is 0 Å². The van der Waals surface area contributed by atoms with Crippen LogP contribution in [0.1, 0.15) is 38.5 Å². The maximum absolute atomic E-state index is 12.0. The minimum Gasteiger partial charge on any atom is -0.467 e. The van der Waals surface area contributed by atoms with E-state index in [1.807, 2.05) is 0 Å². The lowest BCUT2D eigenvalue weighted by Gasteiger charge is -2.58. The molecule has 21 heavy (non-hydrogen) atoms. The first-order valence-electron chi connectivity index (χ1n) is 7.87. The van der Waals surface area contributed by atoms with E-state index in [1.54, 1.807) is 0 Å². The molecule has 0 N–H and O–H groups in total. The summed E-state index contributed by atoms with van der Waals surface area (Å²) < 4.78 is 4.86. The van der Waals surface area contributed by atoms with E-state index in [1.165, 1.54) is 18.8 Å². The van der Waals surface area contributed by atoms with Gasteiger partial charge in [-0.15, -0.1) is 0 Å². The molecule has 4 fully saturated rings. The molecule has 0 aromatic carbocycles. The van der Waals surface area contributed by atoms with Crippen molar-refractivity contribution in [2.45, 2.75) is 56.8 Å². The summed E-state index contributed by atoms with van der Waals surface area (Å²) in [6.45, 7) is 0. The molecule has 4 aliphatic rings. The lowest BCUT2D eigenvalue weighted by molar-refractivity contribution is -0.426. The molecule has 2 saturated carbocycles. The van der Waals surface area contributed by atoms with Gasteiger partial charge in [0, 0.05) is 11.3 Å². The molecule has 4 rings (SSSR count). The van der Waals surface area contributed by atoms with Crippen molar-refractivity contribution in [2.75, 3.05) is 7.11 Å². The van der Waals surface area contributed by atoms with Crippen molar-refractivity contribution in [2.24, 2.45) is 17.3 Å². The van der Waals surface area contributed by atoms with Gasteiger partial charge in [0.15, 0.2) is 12.4 Å². The minimum absolute atomic E-state index is 0.0496. The minimum atomic E-state index is -0.592. The second-order valence-electron chi connectivity index (χ2n) is 6.78. The highest BCUT2D eigenvalue weighted by Gasteiger charge is 2.66. The van der Waals surface area contributed by atoms with Crippen LogP contribution in [0.4, 0.5) is 0 Å². The maximum Gasteiger partial charge on any atom is 0.337 e. The summed E-state index contributed by atoms with van der Waals surface area (Å²) in [7, 11) is 1.38. The van der Waals surface area contributed by atoms with Crippen LogP contribution in [0.15, 0.2) is 0 Å². The molecule has 2 aliphatic carbocycles. The molecule has 0 aromatic heterocycles. The average molecular weight is 295 g/mol. The first-order valence-corrected chi connectivity index (χ1v) is 7.87. The number of hydroxylamine groups is 2. The number of carbonyl (C=O) groups excluding carboxylic acids is 2. The highest BCUT2D eigenvalue weighted by molar-refractivity contribution is 5.75. The van der Waals surface area contributed by atoms with Crippen molar-refractivity contribution in [3.05, 3.63) is 0 Å². The zero-order chi connectivity index (χ0) is 14.6. The Morgan fingerprint density at radius 3 is 2.90 bits per heavy atom. The Kier molecular flexibility index (Phi) is 3.10. The van der Waals surface area contributed by atoms with Crippen LogP contribution >= 0.6 is 0 Å². The fraction of sp³-hybridized carbons (Fsp3) is 0.867. The third-order valence-corrected chi connectivity index (χ3v) is 6.13. The summed E-state index contributed by atoms with van der Waals surface area (Å²) in [5.41, 5.74) is -0.0496. The number of aldehydes is 1. The lowest BCUT2D eigenvalue weighted by atomic mass is 9.52. The van der Waals surface area contributed by atoms with Gasteiger partial charge < -0.3 is 9.53 Å². The number of hydrogen-bond acceptors (Lipinski definition) is 6. The van der Waals surface area contributed by atoms with E-state index < -0.39 is 12.2 Å². The molecule has 6 nitrogen and oxygen atoms in total. The zero-order valence-electron chi connectivity index (χ0n) is 12.2. The van der Waals surface area contributed by atoms with Crippen molar-refractivity contribution < 1.29 is 24.0 Å². The van der Waals surface area contributed by atoms with Crippen LogP contribution in [0.2, 0.25) is 0 Å². The van der Waals surface area contributed by atoms with E-state index >= 15 is 0 Å². The summed E-state index contributed by atoms with van der Waals surface area (Å²) >= 11 is 0. The van der Waals surface area contributed by atoms with E-state index in [0.717, 1.165) is 38.4 Å². The first-order chi connectivity index (χ1) is 10.2. The normalized spacial score (nSPS) is 48.5. The molecule has 0 radical (unpaired) electrons. The standard InChI is InChI=1S/C15H21NO5/c1-19-14(18)13-9-5-7-15-6-3-2-4-10(15)12(9)16(21-13)20-11(15)8-17/h8-13H,2-7H2,1H3/t9-,10+,11+,12-,13-,15+/m0/s1. The van der Waals surface area contributed by atoms with Crippen LogP contribution in [-0.4, -0.2) is 42.8 Å². The van der Waals surface area contributed by atoms with Gasteiger partial charge in [0.05, 0.1) is 13.2 Å². The largest absolute Gasteiger partial charge is 0.467 e. The zero-order valence-corrected chi connectivity index (χ0v) is 12.2. The van der Waals surface area contributed by atoms with E-state index in [-0.39, 0.29) is 23.3 Å². The van der Waals surface area contributed by atoms with Crippen LogP contribution in [0.5, 0.6) is 0 Å². The molecule has 2 bridgehead atoms. The number of methoxy groups -OCH3 is 1. The molecule has 116 valence electrons. The molecular formula is C15H21NO5. The highest BCUT2D eigenvalue weighted by Crippen LogP contribution is 2.61. The molecule has 0 amide bonds. The Labute approximate surface area is 123 Å². The van der Waals surface area contributed by atoms with Gasteiger partial charge in [0.1, 0.15) is 6.10 Å². The predicted molar refractivity (Wildman–Crippen MR) is 70.6 cm³/mol. The number of rotatable bonds is 2. The molecular weight excluding hydrogens is 274 g/mol. The summed E-state index contributed by atoms with van der Waals surface area (Å²) in [6, 6.07) is 0.0827. The molecule has 0 unspecified atom stereocenters. The quantitative estimate of drug-likeness (QED) is 0.564. The van der Waals surface area contributed by atoms with Gasteiger partial charge in [-0.2, -0.15) is 0 Å². The second-order valence-corrected chi connectivity index (χ2v) is 6.78. The summed E-state index contributed by atoms with van der Waals surface area (Å²) in [6.07, 6.45) is 6.17. The molecule has 2 heterocycles. The van der Waals surface area contributed by atoms with E-state index in [2.05, 4.69) is 0 Å². The molecule has 2 saturated heterocycles. The highest BCUT2D eigenvalue weighted by atomic mass is 17.0. The Bertz CT molecular complexity index is 469. The number of hydrogen-bond donors (Lipinski definition) is 0. The SMILES string of the molecule is COC(=O)[C@H]1ON2O[C@H](C=O)[C@@]34CCCC[C@@H]3[C@@H]2[C@@H]1CC4. The van der Waals surface area contributed by atoms with Crippen molar-refractivity contribution in [1.29, 1.82) is 0 Å². The van der Waals surface area contributed by atoms with E-state index in [0.29, 0.717) is 5.92 Å². The van der Waals surface area contributed by atoms with Crippen LogP contribution in [0, 0.1) is 17.3 Å². The third kappa shape index (κ3) is 1.69. The summed E-state index contributed by atoms with van der Waals surface area (Å²) in [5, 5.41) is 1.46. The number of esters is 1. The first kappa shape index (κ1) is 13.7. The Balaban J connectivity index is 1.72. The average Bonchev–Trinajstić information content (AvgIpc) is 2.93. The fourth-order valence-corrected chi connectivity index (χ4v) is 5.21. The molecule has 0 aromatic rings. The summed E-state index contributed by atoms with van der Waals surface area (Å²) in [5.74, 6) is 0.147. The van der Waals surface area contributed by atoms with Gasteiger partial charge in [0.2, 0.25) is 0 Å². The molecule has 6 heteroatoms. The van der Waals surface area contributed by atoms with Crippen molar-refractivity contribution >= 4 is 12.3 Å². The lowest BCUT2D eigenvalue weighted by Crippen LogP contribution is -2.63. The van der Waals surface area contributed by atoms with E-state index in [9.17, 15) is 9.59 Å². The van der Waals surface area contributed by atoms with Crippen LogP contribution < -0.4 is 0 Å². The number of ether oxygens (including phenoxy) is 1. The van der Waals surface area contributed by atoms with E-state index in [4.69, 9.17) is 14.4 Å². The topological polar surface area (TPSA) is 65.1 Å². The van der Waals surface area contributed by atoms with Crippen molar-refractivity contribution in [3.8, 4) is 0 Å². The third-order valence-electron chi connectivity index (χ3n) is 6.13. The van der Waals surface area contributed by atoms with Gasteiger partial charge in [-0.05, 0) is 31.6 Å². The number of carbonyl (C=O) groups is 2. The second kappa shape index (κ2) is 4.76. The van der Waals surface area contributed by atoms with Crippen molar-refractivity contribution in [1.82, 2.24) is 5.23 Å². The predicted octanol–water partition coefficient (Wildman–Crippen LogP) is 1.24. The van der Waals surface area contributed by atoms with Gasteiger partial charge in [-0.3, -0.25) is 9.68 Å². The van der Waals surface area contributed by atoms with Crippen LogP contribution in [0.25, 0.3) is 0 Å². The van der Waals surface area contributed by atoms with Crippen molar-refractivity contribution in [3.63, 3.8) is 0 Å². The molecule has 2 aliphatic heterocycles. The molecule has 0 spiro atoms. The van der Waals surface area contributed by atoms with Crippen LogP contribution in [-0.2, 0) is 24.0 Å². The number of nitrogens with zero attached hydrogens (tertiary/aromatic N) is 1. The van der Waals surface area contributed by atoms with Gasteiger partial charge in [-0.25, -0.2) is 4.79 Å². The monoisotopic (exact) mass is 295 g/mol. The smallest absolute Gasteiger partial charge is 0.337 e. The Hall–Kier alpha value is -0.980. The summed E-state index contributed by atoms with van der Waals surface area (Å²) in [4.78, 5) is 35.0. The molecule has 6 atom stereocenters. The van der Waals surface area contributed by atoms with Gasteiger partial charge in [-0.1, -0.05) is 18.1 Å². The maximum atomic E-state index is 12.0. The Morgan fingerprint density at radius 1 is 1.29 bits per heavy atom. The Morgan fingerprint density at radius 2 is 2.14 bits per heavy atom. The van der Waals surface area contributed by atoms with Gasteiger partial charge >= 0.3 is 5.97 Å².